The molecule has 0 saturated carbocycles. The van der Waals surface area contributed by atoms with Gasteiger partial charge in [0, 0.05) is 19.6 Å². The molecule has 202 valence electrons. The number of hydrogen-bond acceptors (Lipinski definition) is 3. The van der Waals surface area contributed by atoms with Gasteiger partial charge in [0.15, 0.2) is 0 Å². The van der Waals surface area contributed by atoms with Crippen LogP contribution in [0.15, 0.2) is 72.3 Å². The Labute approximate surface area is 232 Å². The highest BCUT2D eigenvalue weighted by atomic mass is 35.5. The molecule has 0 fully saturated rings. The quantitative estimate of drug-likeness (QED) is 0.294. The van der Waals surface area contributed by atoms with E-state index >= 15 is 0 Å². The molecular formula is C33H39ClFNO2. The fourth-order valence-electron chi connectivity index (χ4n) is 5.91. The summed E-state index contributed by atoms with van der Waals surface area (Å²) in [5.74, 6) is 1.26. The summed E-state index contributed by atoms with van der Waals surface area (Å²) >= 11 is 0. The third-order valence-electron chi connectivity index (χ3n) is 8.01. The largest absolute Gasteiger partial charge is 0.507 e. The Morgan fingerprint density at radius 1 is 1.00 bits per heavy atom. The molecule has 5 rings (SSSR count). The number of phenolic OH excluding ortho intramolecular Hbond substituents is 1. The molecule has 2 heterocycles. The predicted molar refractivity (Wildman–Crippen MR) is 156 cm³/mol. The second kappa shape index (κ2) is 11.9. The fourth-order valence-corrected chi connectivity index (χ4v) is 5.91. The predicted octanol–water partition coefficient (Wildman–Crippen LogP) is 8.30. The SMILES string of the molecule is CC(CCCCc1ccc(F)cc1)c1cc(O)c2c(c1)OC(C)(C)C1=C2CN(Cc2ccccc2)CC1.Cl. The van der Waals surface area contributed by atoms with E-state index in [0.717, 1.165) is 68.6 Å². The van der Waals surface area contributed by atoms with Crippen LogP contribution in [-0.2, 0) is 13.0 Å². The van der Waals surface area contributed by atoms with E-state index < -0.39 is 0 Å². The van der Waals surface area contributed by atoms with Gasteiger partial charge in [-0.1, -0.05) is 55.8 Å². The minimum atomic E-state index is -0.384. The minimum Gasteiger partial charge on any atom is -0.507 e. The number of rotatable bonds is 8. The van der Waals surface area contributed by atoms with Gasteiger partial charge in [0.25, 0.3) is 0 Å². The summed E-state index contributed by atoms with van der Waals surface area (Å²) in [5.41, 5.74) is 6.63. The highest BCUT2D eigenvalue weighted by Crippen LogP contribution is 2.49. The Hall–Kier alpha value is -2.82. The molecule has 0 spiro atoms. The van der Waals surface area contributed by atoms with Gasteiger partial charge in [-0.2, -0.15) is 0 Å². The van der Waals surface area contributed by atoms with Crippen molar-refractivity contribution in [2.24, 2.45) is 0 Å². The zero-order chi connectivity index (χ0) is 26.0. The monoisotopic (exact) mass is 535 g/mol. The number of ether oxygens (including phenoxy) is 1. The average molecular weight is 536 g/mol. The summed E-state index contributed by atoms with van der Waals surface area (Å²) in [5, 5.41) is 11.3. The summed E-state index contributed by atoms with van der Waals surface area (Å²) in [6, 6.07) is 21.5. The van der Waals surface area contributed by atoms with E-state index in [4.69, 9.17) is 4.74 Å². The van der Waals surface area contributed by atoms with E-state index in [1.165, 1.54) is 34.4 Å². The van der Waals surface area contributed by atoms with E-state index in [-0.39, 0.29) is 23.8 Å². The number of nitrogens with zero attached hydrogens (tertiary/aromatic N) is 1. The summed E-state index contributed by atoms with van der Waals surface area (Å²) < 4.78 is 19.7. The molecule has 0 radical (unpaired) electrons. The summed E-state index contributed by atoms with van der Waals surface area (Å²) in [6.45, 7) is 9.24. The number of unbranched alkanes of at least 4 members (excludes halogenated alkanes) is 1. The number of halogens is 2. The van der Waals surface area contributed by atoms with Crippen molar-refractivity contribution in [3.63, 3.8) is 0 Å². The third-order valence-corrected chi connectivity index (χ3v) is 8.01. The number of fused-ring (bicyclic) bond motifs is 2. The van der Waals surface area contributed by atoms with Crippen molar-refractivity contribution in [3.05, 3.63) is 100 Å². The van der Waals surface area contributed by atoms with Crippen molar-refractivity contribution in [1.82, 2.24) is 4.90 Å². The molecule has 1 unspecified atom stereocenters. The Kier molecular flexibility index (Phi) is 8.85. The Bertz CT molecular complexity index is 1270. The first-order chi connectivity index (χ1) is 17.8. The molecule has 0 amide bonds. The first-order valence-electron chi connectivity index (χ1n) is 13.6. The van der Waals surface area contributed by atoms with Crippen LogP contribution in [0.4, 0.5) is 4.39 Å². The van der Waals surface area contributed by atoms with Crippen molar-refractivity contribution >= 4 is 18.0 Å². The maximum Gasteiger partial charge on any atom is 0.132 e. The lowest BCUT2D eigenvalue weighted by Crippen LogP contribution is -2.42. The summed E-state index contributed by atoms with van der Waals surface area (Å²) in [7, 11) is 0. The maximum atomic E-state index is 13.1. The van der Waals surface area contributed by atoms with Crippen LogP contribution in [0, 0.1) is 5.82 Å². The van der Waals surface area contributed by atoms with E-state index in [0.29, 0.717) is 11.7 Å². The van der Waals surface area contributed by atoms with Crippen LogP contribution in [0.3, 0.4) is 0 Å². The molecule has 3 aromatic rings. The van der Waals surface area contributed by atoms with Gasteiger partial charge >= 0.3 is 0 Å². The number of aryl methyl sites for hydroxylation is 1. The molecule has 3 aromatic carbocycles. The van der Waals surface area contributed by atoms with E-state index in [2.05, 4.69) is 62.1 Å². The van der Waals surface area contributed by atoms with Gasteiger partial charge in [-0.25, -0.2) is 4.39 Å². The van der Waals surface area contributed by atoms with Crippen molar-refractivity contribution in [2.75, 3.05) is 13.1 Å². The van der Waals surface area contributed by atoms with Crippen LogP contribution < -0.4 is 4.74 Å². The smallest absolute Gasteiger partial charge is 0.132 e. The van der Waals surface area contributed by atoms with Gasteiger partial charge in [0.05, 0.1) is 5.56 Å². The lowest BCUT2D eigenvalue weighted by molar-refractivity contribution is 0.129. The topological polar surface area (TPSA) is 32.7 Å². The molecule has 0 aromatic heterocycles. The second-order valence-corrected chi connectivity index (χ2v) is 11.2. The first kappa shape index (κ1) is 28.2. The maximum absolute atomic E-state index is 13.1. The molecule has 3 nitrogen and oxygen atoms in total. The zero-order valence-electron chi connectivity index (χ0n) is 22.7. The highest BCUT2D eigenvalue weighted by Gasteiger charge is 2.39. The van der Waals surface area contributed by atoms with Gasteiger partial charge in [-0.3, -0.25) is 4.90 Å². The second-order valence-electron chi connectivity index (χ2n) is 11.2. The molecule has 1 N–H and O–H groups in total. The van der Waals surface area contributed by atoms with Crippen molar-refractivity contribution < 1.29 is 14.2 Å². The number of hydrogen-bond donors (Lipinski definition) is 1. The molecular weight excluding hydrogens is 497 g/mol. The van der Waals surface area contributed by atoms with Crippen LogP contribution in [0.1, 0.15) is 74.6 Å². The van der Waals surface area contributed by atoms with Crippen molar-refractivity contribution in [2.45, 2.75) is 70.9 Å². The van der Waals surface area contributed by atoms with Crippen molar-refractivity contribution in [1.29, 1.82) is 0 Å². The van der Waals surface area contributed by atoms with Crippen LogP contribution in [-0.4, -0.2) is 28.7 Å². The number of aromatic hydroxyl groups is 1. The standard InChI is InChI=1S/C33H38FNO2.ClH/c1-23(9-7-8-10-24-13-15-27(34)16-14-24)26-19-30(36)32-28-22-35(21-25-11-5-4-6-12-25)18-17-29(28)33(2,3)37-31(32)20-26;/h4-6,11-16,19-20,23,36H,7-10,17-18,21-22H2,1-3H3;1H. The summed E-state index contributed by atoms with van der Waals surface area (Å²) in [4.78, 5) is 2.47. The average Bonchev–Trinajstić information content (AvgIpc) is 2.87. The third kappa shape index (κ3) is 6.24. The molecule has 5 heteroatoms. The van der Waals surface area contributed by atoms with Gasteiger partial charge in [-0.05, 0) is 97.6 Å². The van der Waals surface area contributed by atoms with Crippen LogP contribution in [0.25, 0.3) is 5.57 Å². The molecule has 0 aliphatic carbocycles. The molecule has 2 aliphatic heterocycles. The Morgan fingerprint density at radius 2 is 1.74 bits per heavy atom. The van der Waals surface area contributed by atoms with Crippen LogP contribution in [0.5, 0.6) is 11.5 Å². The van der Waals surface area contributed by atoms with Crippen molar-refractivity contribution in [3.8, 4) is 11.5 Å². The lowest BCUT2D eigenvalue weighted by Gasteiger charge is -2.42. The van der Waals surface area contributed by atoms with Gasteiger partial charge in [-0.15, -0.1) is 12.4 Å². The molecule has 38 heavy (non-hydrogen) atoms. The van der Waals surface area contributed by atoms with Gasteiger partial charge in [0.2, 0.25) is 0 Å². The highest BCUT2D eigenvalue weighted by molar-refractivity contribution is 5.85. The Morgan fingerprint density at radius 3 is 2.47 bits per heavy atom. The minimum absolute atomic E-state index is 0. The van der Waals surface area contributed by atoms with E-state index in [1.807, 2.05) is 18.2 Å². The Balaban J connectivity index is 0.00000336. The first-order valence-corrected chi connectivity index (χ1v) is 13.6. The van der Waals surface area contributed by atoms with Crippen LogP contribution >= 0.6 is 12.4 Å². The number of benzene rings is 3. The molecule has 0 saturated heterocycles. The summed E-state index contributed by atoms with van der Waals surface area (Å²) in [6.07, 6.45) is 5.06. The van der Waals surface area contributed by atoms with Gasteiger partial charge < -0.3 is 9.84 Å². The zero-order valence-corrected chi connectivity index (χ0v) is 23.5. The molecule has 1 atom stereocenters. The fraction of sp³-hybridized carbons (Fsp3) is 0.394. The molecule has 0 bridgehead atoms. The normalized spacial score (nSPS) is 17.2. The van der Waals surface area contributed by atoms with E-state index in [9.17, 15) is 9.50 Å². The van der Waals surface area contributed by atoms with Gasteiger partial charge in [0.1, 0.15) is 22.9 Å². The molecule has 2 aliphatic rings. The number of phenols is 1. The van der Waals surface area contributed by atoms with E-state index in [1.54, 1.807) is 0 Å². The van der Waals surface area contributed by atoms with Crippen LogP contribution in [0.2, 0.25) is 0 Å². The lowest BCUT2D eigenvalue weighted by atomic mass is 9.80.